The third-order valence-electron chi connectivity index (χ3n) is 7.77. The smallest absolute Gasteiger partial charge is 0.136 e. The fraction of sp³-hybridized carbons (Fsp3) is 0.741. The molecule has 4 nitrogen and oxygen atoms in total. The second kappa shape index (κ2) is 10.0. The largest absolute Gasteiger partial charge is 0.493 e. The first-order chi connectivity index (χ1) is 14.9. The van der Waals surface area contributed by atoms with Gasteiger partial charge in [-0.25, -0.2) is 0 Å². The van der Waals surface area contributed by atoms with E-state index in [1.165, 1.54) is 70.1 Å². The molecule has 2 fully saturated rings. The number of carbonyl (C=O) groups is 1. The average molecular weight is 428 g/mol. The summed E-state index contributed by atoms with van der Waals surface area (Å²) in [5.74, 6) is 3.42. The highest BCUT2D eigenvalue weighted by molar-refractivity contribution is 5.79. The molecule has 0 amide bonds. The fourth-order valence-electron chi connectivity index (χ4n) is 6.06. The van der Waals surface area contributed by atoms with E-state index >= 15 is 0 Å². The number of carbonyl (C=O) groups excluding carboxylic acids is 1. The Morgan fingerprint density at radius 3 is 2.52 bits per heavy atom. The van der Waals surface area contributed by atoms with E-state index in [2.05, 4.69) is 23.1 Å². The number of Topliss-reactive ketones (excluding diaryl/α,β-unsaturated/α-hetero) is 1. The molecule has 3 aliphatic rings. The highest BCUT2D eigenvalue weighted by atomic mass is 16.5. The zero-order chi connectivity index (χ0) is 21.8. The molecule has 0 aromatic heterocycles. The third kappa shape index (κ3) is 6.32. The van der Waals surface area contributed by atoms with Crippen molar-refractivity contribution in [3.05, 3.63) is 29.3 Å². The predicted molar refractivity (Wildman–Crippen MR) is 125 cm³/mol. The van der Waals surface area contributed by atoms with Crippen molar-refractivity contribution < 1.29 is 14.6 Å². The Kier molecular flexibility index (Phi) is 7.38. The molecule has 1 aromatic carbocycles. The molecule has 1 aliphatic carbocycles. The topological polar surface area (TPSA) is 49.8 Å². The molecule has 0 spiro atoms. The van der Waals surface area contributed by atoms with Crippen molar-refractivity contribution in [2.24, 2.45) is 11.8 Å². The molecule has 1 saturated heterocycles. The van der Waals surface area contributed by atoms with Crippen molar-refractivity contribution >= 4 is 5.78 Å². The van der Waals surface area contributed by atoms with Gasteiger partial charge in [0, 0.05) is 24.8 Å². The van der Waals surface area contributed by atoms with Crippen molar-refractivity contribution in [2.75, 3.05) is 26.2 Å². The number of ether oxygens (including phenoxy) is 1. The summed E-state index contributed by atoms with van der Waals surface area (Å²) in [6.07, 6.45) is 10.8. The second-order valence-corrected chi connectivity index (χ2v) is 10.9. The lowest BCUT2D eigenvalue weighted by Gasteiger charge is -2.35. The first-order valence-corrected chi connectivity index (χ1v) is 12.6. The van der Waals surface area contributed by atoms with Crippen LogP contribution in [-0.2, 0) is 11.2 Å². The van der Waals surface area contributed by atoms with Crippen LogP contribution in [0.2, 0.25) is 0 Å². The second-order valence-electron chi connectivity index (χ2n) is 10.9. The molecule has 2 heterocycles. The predicted octanol–water partition coefficient (Wildman–Crippen LogP) is 5.12. The van der Waals surface area contributed by atoms with Crippen molar-refractivity contribution in [1.82, 2.24) is 4.90 Å². The highest BCUT2D eigenvalue weighted by Crippen LogP contribution is 2.38. The molecule has 1 N–H and O–H groups in total. The quantitative estimate of drug-likeness (QED) is 0.626. The van der Waals surface area contributed by atoms with Crippen molar-refractivity contribution in [1.29, 1.82) is 0 Å². The summed E-state index contributed by atoms with van der Waals surface area (Å²) in [4.78, 5) is 14.8. The number of aliphatic hydroxyl groups is 1. The van der Waals surface area contributed by atoms with Gasteiger partial charge in [0.2, 0.25) is 0 Å². The van der Waals surface area contributed by atoms with Gasteiger partial charge in [0.05, 0.1) is 12.2 Å². The minimum Gasteiger partial charge on any atom is -0.493 e. The van der Waals surface area contributed by atoms with Crippen LogP contribution in [0.1, 0.15) is 88.7 Å². The lowest BCUT2D eigenvalue weighted by Crippen LogP contribution is -2.35. The van der Waals surface area contributed by atoms with Crippen LogP contribution in [0.15, 0.2) is 18.2 Å². The van der Waals surface area contributed by atoms with Crippen molar-refractivity contribution in [2.45, 2.75) is 89.6 Å². The summed E-state index contributed by atoms with van der Waals surface area (Å²) in [6, 6.07) is 6.62. The molecule has 1 saturated carbocycles. The lowest BCUT2D eigenvalue weighted by atomic mass is 9.78. The van der Waals surface area contributed by atoms with Crippen LogP contribution >= 0.6 is 0 Å². The van der Waals surface area contributed by atoms with Gasteiger partial charge >= 0.3 is 0 Å². The number of fused-ring (bicyclic) bond motifs is 1. The van der Waals surface area contributed by atoms with Crippen LogP contribution in [0.4, 0.5) is 0 Å². The third-order valence-corrected chi connectivity index (χ3v) is 7.77. The van der Waals surface area contributed by atoms with Crippen LogP contribution in [0.25, 0.3) is 0 Å². The molecule has 1 aromatic rings. The van der Waals surface area contributed by atoms with Crippen LogP contribution in [0.3, 0.4) is 0 Å². The average Bonchev–Trinajstić information content (AvgIpc) is 3.21. The van der Waals surface area contributed by atoms with Gasteiger partial charge in [-0.2, -0.15) is 0 Å². The van der Waals surface area contributed by atoms with Crippen molar-refractivity contribution in [3.63, 3.8) is 0 Å². The maximum atomic E-state index is 12.2. The number of benzene rings is 1. The summed E-state index contributed by atoms with van der Waals surface area (Å²) in [5.41, 5.74) is 2.15. The molecule has 0 radical (unpaired) electrons. The molecule has 0 atom stereocenters. The number of piperidine rings is 1. The highest BCUT2D eigenvalue weighted by Gasteiger charge is 2.28. The van der Waals surface area contributed by atoms with E-state index < -0.39 is 5.60 Å². The summed E-state index contributed by atoms with van der Waals surface area (Å²) in [5, 5.41) is 9.84. The maximum Gasteiger partial charge on any atom is 0.136 e. The van der Waals surface area contributed by atoms with E-state index in [1.807, 2.05) is 0 Å². The number of hydrogen-bond donors (Lipinski definition) is 1. The van der Waals surface area contributed by atoms with Gasteiger partial charge in [-0.05, 0) is 95.0 Å². The molecule has 2 aliphatic heterocycles. The van der Waals surface area contributed by atoms with E-state index in [9.17, 15) is 9.90 Å². The maximum absolute atomic E-state index is 12.2. The van der Waals surface area contributed by atoms with Gasteiger partial charge in [-0.15, -0.1) is 0 Å². The van der Waals surface area contributed by atoms with Crippen molar-refractivity contribution in [3.8, 4) is 5.75 Å². The first kappa shape index (κ1) is 22.8. The normalized spacial score (nSPS) is 25.3. The number of nitrogens with zero attached hydrogens (tertiary/aromatic N) is 1. The number of rotatable bonds is 8. The van der Waals surface area contributed by atoms with Crippen LogP contribution in [0, 0.1) is 11.8 Å². The Balaban J connectivity index is 1.15. The number of likely N-dealkylation sites (tertiary alicyclic amines) is 1. The SMILES string of the molecule is CC(C)(O)CC(=O)CC1CCC(CCN2CCC(c3cccc4c3CCO4)CC2)CC1. The van der Waals surface area contributed by atoms with E-state index in [0.29, 0.717) is 24.7 Å². The Morgan fingerprint density at radius 2 is 1.81 bits per heavy atom. The lowest BCUT2D eigenvalue weighted by molar-refractivity contribution is -0.124. The van der Waals surface area contributed by atoms with E-state index in [-0.39, 0.29) is 5.78 Å². The van der Waals surface area contributed by atoms with Gasteiger partial charge in [-0.1, -0.05) is 25.0 Å². The van der Waals surface area contributed by atoms with Gasteiger partial charge in [0.25, 0.3) is 0 Å². The molecule has 0 bridgehead atoms. The summed E-state index contributed by atoms with van der Waals surface area (Å²) < 4.78 is 5.77. The van der Waals surface area contributed by atoms with Gasteiger partial charge in [0.15, 0.2) is 0 Å². The zero-order valence-electron chi connectivity index (χ0n) is 19.6. The van der Waals surface area contributed by atoms with Gasteiger partial charge in [-0.3, -0.25) is 4.79 Å². The Bertz CT molecular complexity index is 737. The number of ketones is 1. The molecule has 172 valence electrons. The standard InChI is InChI=1S/C27H41NO3/c1-27(2,30)19-23(29)18-21-8-6-20(7-9-21)10-14-28-15-11-22(12-16-28)24-4-3-5-26-25(24)13-17-31-26/h3-5,20-22,30H,6-19H2,1-2H3. The molecular weight excluding hydrogens is 386 g/mol. The van der Waals surface area contributed by atoms with Crippen LogP contribution in [0.5, 0.6) is 5.75 Å². The summed E-state index contributed by atoms with van der Waals surface area (Å²) in [7, 11) is 0. The zero-order valence-corrected chi connectivity index (χ0v) is 19.6. The minimum atomic E-state index is -0.865. The van der Waals surface area contributed by atoms with Crippen LogP contribution in [-0.4, -0.2) is 47.6 Å². The monoisotopic (exact) mass is 427 g/mol. The Hall–Kier alpha value is -1.39. The summed E-state index contributed by atoms with van der Waals surface area (Å²) >= 11 is 0. The number of hydrogen-bond acceptors (Lipinski definition) is 4. The molecular formula is C27H41NO3. The fourth-order valence-corrected chi connectivity index (χ4v) is 6.06. The summed E-state index contributed by atoms with van der Waals surface area (Å²) in [6.45, 7) is 7.97. The molecule has 4 heteroatoms. The molecule has 0 unspecified atom stereocenters. The van der Waals surface area contributed by atoms with E-state index in [4.69, 9.17) is 4.74 Å². The molecule has 4 rings (SSSR count). The molecule has 31 heavy (non-hydrogen) atoms. The first-order valence-electron chi connectivity index (χ1n) is 12.6. The van der Waals surface area contributed by atoms with E-state index in [0.717, 1.165) is 24.7 Å². The van der Waals surface area contributed by atoms with Crippen LogP contribution < -0.4 is 4.74 Å². The minimum absolute atomic E-state index is 0.231. The van der Waals surface area contributed by atoms with Gasteiger partial charge in [0.1, 0.15) is 11.5 Å². The Labute approximate surface area is 188 Å². The van der Waals surface area contributed by atoms with E-state index in [1.54, 1.807) is 19.4 Å². The van der Waals surface area contributed by atoms with Gasteiger partial charge < -0.3 is 14.7 Å². The Morgan fingerprint density at radius 1 is 1.10 bits per heavy atom.